The Hall–Kier alpha value is -0.710. The summed E-state index contributed by atoms with van der Waals surface area (Å²) < 4.78 is 5.73. The fraction of sp³-hybridized carbons (Fsp3) is 0.667. The van der Waals surface area contributed by atoms with E-state index in [1.54, 1.807) is 0 Å². The third-order valence-corrected chi connectivity index (χ3v) is 4.44. The summed E-state index contributed by atoms with van der Waals surface area (Å²) in [5, 5.41) is 1.96. The van der Waals surface area contributed by atoms with E-state index < -0.39 is 0 Å². The minimum absolute atomic E-state index is 0.275. The highest BCUT2D eigenvalue weighted by Gasteiger charge is 2.15. The van der Waals surface area contributed by atoms with Crippen LogP contribution in [0.4, 0.5) is 0 Å². The molecule has 0 N–H and O–H groups in total. The Morgan fingerprint density at radius 1 is 1.53 bits per heavy atom. The molecule has 1 aliphatic heterocycles. The van der Waals surface area contributed by atoms with Gasteiger partial charge in [-0.2, -0.15) is 0 Å². The number of Topliss-reactive ketones (excluding diaryl/α,β-unsaturated/α-hetero) is 1. The Morgan fingerprint density at radius 2 is 2.42 bits per heavy atom. The van der Waals surface area contributed by atoms with E-state index in [4.69, 9.17) is 4.74 Å². The summed E-state index contributed by atoms with van der Waals surface area (Å²) in [5.41, 5.74) is 0. The van der Waals surface area contributed by atoms with Gasteiger partial charge in [0.05, 0.1) is 11.0 Å². The molecule has 0 aromatic carbocycles. The number of hydrogen-bond acceptors (Lipinski definition) is 4. The summed E-state index contributed by atoms with van der Waals surface area (Å²) in [7, 11) is 2.12. The van der Waals surface area contributed by atoms with Crippen molar-refractivity contribution in [2.24, 2.45) is 0 Å². The lowest BCUT2D eigenvalue weighted by Crippen LogP contribution is -2.34. The van der Waals surface area contributed by atoms with E-state index in [-0.39, 0.29) is 5.78 Å². The summed E-state index contributed by atoms with van der Waals surface area (Å²) in [6.07, 6.45) is 5.64. The van der Waals surface area contributed by atoms with Crippen LogP contribution in [0.15, 0.2) is 17.5 Å². The number of ether oxygens (including phenoxy) is 1. The molecule has 1 fully saturated rings. The molecule has 2 rings (SSSR count). The van der Waals surface area contributed by atoms with Crippen LogP contribution in [0.1, 0.15) is 41.8 Å². The standard InChI is InChI=1S/C15H23NO2S/c1-16(12-13-6-2-3-10-18-13)9-4-7-14(17)15-8-5-11-19-15/h5,8,11,13H,2-4,6-7,9-10,12H2,1H3. The number of ketones is 1. The van der Waals surface area contributed by atoms with Gasteiger partial charge in [0, 0.05) is 19.6 Å². The maximum atomic E-state index is 11.8. The summed E-state index contributed by atoms with van der Waals surface area (Å²) in [5.74, 6) is 0.275. The van der Waals surface area contributed by atoms with Crippen molar-refractivity contribution < 1.29 is 9.53 Å². The van der Waals surface area contributed by atoms with Gasteiger partial charge in [0.15, 0.2) is 5.78 Å². The number of carbonyl (C=O) groups excluding carboxylic acids is 1. The summed E-state index contributed by atoms with van der Waals surface area (Å²) >= 11 is 1.54. The number of thiophene rings is 1. The molecule has 1 atom stereocenters. The molecule has 1 aromatic heterocycles. The average molecular weight is 281 g/mol. The van der Waals surface area contributed by atoms with Crippen LogP contribution >= 0.6 is 11.3 Å². The van der Waals surface area contributed by atoms with Crippen LogP contribution in [0.25, 0.3) is 0 Å². The summed E-state index contributed by atoms with van der Waals surface area (Å²) in [6, 6.07) is 3.84. The fourth-order valence-corrected chi connectivity index (χ4v) is 3.15. The van der Waals surface area contributed by atoms with E-state index in [0.717, 1.165) is 31.0 Å². The van der Waals surface area contributed by atoms with Crippen molar-refractivity contribution >= 4 is 17.1 Å². The predicted octanol–water partition coefficient (Wildman–Crippen LogP) is 3.21. The first kappa shape index (κ1) is 14.7. The molecule has 0 aliphatic carbocycles. The molecule has 0 bridgehead atoms. The largest absolute Gasteiger partial charge is 0.377 e. The highest BCUT2D eigenvalue weighted by Crippen LogP contribution is 2.15. The number of likely N-dealkylation sites (N-methyl/N-ethyl adjacent to an activating group) is 1. The second kappa shape index (κ2) is 7.78. The third-order valence-electron chi connectivity index (χ3n) is 3.53. The molecule has 1 saturated heterocycles. The zero-order valence-electron chi connectivity index (χ0n) is 11.6. The second-order valence-electron chi connectivity index (χ2n) is 5.25. The van der Waals surface area contributed by atoms with Crippen molar-refractivity contribution in [3.63, 3.8) is 0 Å². The Bertz CT molecular complexity index is 372. The first-order valence-corrected chi connectivity index (χ1v) is 8.00. The zero-order chi connectivity index (χ0) is 13.5. The van der Waals surface area contributed by atoms with Gasteiger partial charge in [-0.25, -0.2) is 0 Å². The van der Waals surface area contributed by atoms with Crippen molar-refractivity contribution in [1.82, 2.24) is 4.90 Å². The van der Waals surface area contributed by atoms with Crippen molar-refractivity contribution in [3.05, 3.63) is 22.4 Å². The minimum atomic E-state index is 0.275. The molecule has 2 heterocycles. The first-order chi connectivity index (χ1) is 9.25. The molecule has 3 nitrogen and oxygen atoms in total. The van der Waals surface area contributed by atoms with Crippen molar-refractivity contribution in [1.29, 1.82) is 0 Å². The smallest absolute Gasteiger partial charge is 0.172 e. The zero-order valence-corrected chi connectivity index (χ0v) is 12.5. The van der Waals surface area contributed by atoms with E-state index >= 15 is 0 Å². The molecule has 1 aliphatic rings. The molecule has 1 aromatic rings. The quantitative estimate of drug-likeness (QED) is 0.719. The van der Waals surface area contributed by atoms with Gasteiger partial charge in [-0.3, -0.25) is 4.79 Å². The van der Waals surface area contributed by atoms with E-state index in [1.165, 1.54) is 30.6 Å². The first-order valence-electron chi connectivity index (χ1n) is 7.12. The van der Waals surface area contributed by atoms with Crippen LogP contribution in [0.3, 0.4) is 0 Å². The van der Waals surface area contributed by atoms with E-state index in [0.29, 0.717) is 12.5 Å². The van der Waals surface area contributed by atoms with Crippen LogP contribution < -0.4 is 0 Å². The van der Waals surface area contributed by atoms with Gasteiger partial charge in [0.2, 0.25) is 0 Å². The van der Waals surface area contributed by atoms with Crippen LogP contribution in [0.5, 0.6) is 0 Å². The molecular formula is C15H23NO2S. The molecule has 19 heavy (non-hydrogen) atoms. The average Bonchev–Trinajstić information content (AvgIpc) is 2.93. The predicted molar refractivity (Wildman–Crippen MR) is 79.0 cm³/mol. The lowest BCUT2D eigenvalue weighted by Gasteiger charge is -2.27. The maximum Gasteiger partial charge on any atom is 0.172 e. The van der Waals surface area contributed by atoms with Gasteiger partial charge in [0.25, 0.3) is 0 Å². The number of carbonyl (C=O) groups is 1. The number of hydrogen-bond donors (Lipinski definition) is 0. The van der Waals surface area contributed by atoms with Crippen molar-refractivity contribution in [3.8, 4) is 0 Å². The van der Waals surface area contributed by atoms with Crippen LogP contribution in [0.2, 0.25) is 0 Å². The molecule has 0 amide bonds. The van der Waals surface area contributed by atoms with Gasteiger partial charge in [-0.15, -0.1) is 11.3 Å². The Kier molecular flexibility index (Phi) is 6.01. The lowest BCUT2D eigenvalue weighted by atomic mass is 10.1. The fourth-order valence-electron chi connectivity index (χ4n) is 2.46. The van der Waals surface area contributed by atoms with Gasteiger partial charge in [0.1, 0.15) is 0 Å². The normalized spacial score (nSPS) is 19.8. The van der Waals surface area contributed by atoms with E-state index in [1.807, 2.05) is 17.5 Å². The highest BCUT2D eigenvalue weighted by molar-refractivity contribution is 7.12. The molecule has 0 radical (unpaired) electrons. The van der Waals surface area contributed by atoms with E-state index in [9.17, 15) is 4.79 Å². The second-order valence-corrected chi connectivity index (χ2v) is 6.20. The summed E-state index contributed by atoms with van der Waals surface area (Å²) in [4.78, 5) is 15.0. The van der Waals surface area contributed by atoms with Crippen molar-refractivity contribution in [2.75, 3.05) is 26.7 Å². The van der Waals surface area contributed by atoms with Gasteiger partial charge >= 0.3 is 0 Å². The SMILES string of the molecule is CN(CCCC(=O)c1cccs1)CC1CCCCO1. The highest BCUT2D eigenvalue weighted by atomic mass is 32.1. The Morgan fingerprint density at radius 3 is 3.11 bits per heavy atom. The molecule has 106 valence electrons. The van der Waals surface area contributed by atoms with Gasteiger partial charge in [-0.05, 0) is 50.7 Å². The number of nitrogens with zero attached hydrogens (tertiary/aromatic N) is 1. The Labute approximate surface area is 119 Å². The van der Waals surface area contributed by atoms with Crippen LogP contribution in [-0.4, -0.2) is 43.5 Å². The molecule has 4 heteroatoms. The molecular weight excluding hydrogens is 258 g/mol. The van der Waals surface area contributed by atoms with Gasteiger partial charge in [-0.1, -0.05) is 6.07 Å². The molecule has 1 unspecified atom stereocenters. The number of rotatable bonds is 7. The lowest BCUT2D eigenvalue weighted by molar-refractivity contribution is -0.00153. The Balaban J connectivity index is 1.60. The van der Waals surface area contributed by atoms with Gasteiger partial charge < -0.3 is 9.64 Å². The topological polar surface area (TPSA) is 29.5 Å². The van der Waals surface area contributed by atoms with E-state index in [2.05, 4.69) is 11.9 Å². The minimum Gasteiger partial charge on any atom is -0.377 e. The third kappa shape index (κ3) is 5.05. The molecule has 0 spiro atoms. The monoisotopic (exact) mass is 281 g/mol. The maximum absolute atomic E-state index is 11.8. The van der Waals surface area contributed by atoms with Crippen molar-refractivity contribution in [2.45, 2.75) is 38.2 Å². The molecule has 0 saturated carbocycles. The van der Waals surface area contributed by atoms with Crippen LogP contribution in [-0.2, 0) is 4.74 Å². The van der Waals surface area contributed by atoms with Crippen LogP contribution in [0, 0.1) is 0 Å². The summed E-state index contributed by atoms with van der Waals surface area (Å²) in [6.45, 7) is 2.87.